The van der Waals surface area contributed by atoms with Crippen LogP contribution in [0.25, 0.3) is 10.9 Å². The van der Waals surface area contributed by atoms with E-state index in [0.717, 1.165) is 30.3 Å². The third kappa shape index (κ3) is 4.27. The predicted molar refractivity (Wildman–Crippen MR) is 112 cm³/mol. The van der Waals surface area contributed by atoms with Gasteiger partial charge in [0.25, 0.3) is 0 Å². The van der Waals surface area contributed by atoms with Gasteiger partial charge in [0, 0.05) is 34.6 Å². The van der Waals surface area contributed by atoms with Crippen LogP contribution in [0.2, 0.25) is 0 Å². The Morgan fingerprint density at radius 2 is 2.26 bits per heavy atom. The van der Waals surface area contributed by atoms with E-state index in [1.165, 1.54) is 67.2 Å². The number of benzene rings is 1. The van der Waals surface area contributed by atoms with Crippen LogP contribution in [0.5, 0.6) is 0 Å². The van der Waals surface area contributed by atoms with E-state index in [9.17, 15) is 4.79 Å². The molecule has 1 aromatic carbocycles. The second-order valence-corrected chi connectivity index (χ2v) is 8.70. The molecule has 0 bridgehead atoms. The quantitative estimate of drug-likeness (QED) is 0.502. The first-order valence-corrected chi connectivity index (χ1v) is 11.1. The topological polar surface area (TPSA) is 60.2 Å². The summed E-state index contributed by atoms with van der Waals surface area (Å²) in [5.74, 6) is 0.642. The van der Waals surface area contributed by atoms with Gasteiger partial charge < -0.3 is 15.2 Å². The number of unbranched alkanes of at least 4 members (excludes halogenated alkanes) is 1. The Morgan fingerprint density at radius 1 is 1.33 bits per heavy atom. The number of aromatic nitrogens is 1. The molecule has 2 atom stereocenters. The number of nitrogens with zero attached hydrogens (tertiary/aromatic N) is 1. The molecule has 2 saturated heterocycles. The maximum absolute atomic E-state index is 11.9. The van der Waals surface area contributed by atoms with Crippen molar-refractivity contribution in [3.05, 3.63) is 30.0 Å². The second-order valence-electron chi connectivity index (χ2n) is 7.82. The van der Waals surface area contributed by atoms with Crippen molar-refractivity contribution in [1.82, 2.24) is 19.9 Å². The van der Waals surface area contributed by atoms with Crippen LogP contribution < -0.4 is 10.0 Å². The van der Waals surface area contributed by atoms with Gasteiger partial charge in [-0.15, -0.1) is 0 Å². The standard InChI is InChI=1S/C21H30N4OS/c1-2-3-9-22-21(26)24-27-17-6-7-20-18(13-17)19(14-23-20)15-8-11-25-10-4-5-16(25)12-15/h6-7,13-16,23H,2-5,8-12H2,1H3,(H2,22,24,26). The average Bonchev–Trinajstić information content (AvgIpc) is 3.32. The first-order valence-electron chi connectivity index (χ1n) is 10.3. The number of amides is 2. The van der Waals surface area contributed by atoms with Gasteiger partial charge in [0.05, 0.1) is 0 Å². The zero-order chi connectivity index (χ0) is 18.6. The molecule has 2 amide bonds. The highest BCUT2D eigenvalue weighted by molar-refractivity contribution is 7.98. The molecule has 2 aromatic rings. The summed E-state index contributed by atoms with van der Waals surface area (Å²) in [6, 6.07) is 7.08. The largest absolute Gasteiger partial charge is 0.361 e. The molecule has 0 saturated carbocycles. The summed E-state index contributed by atoms with van der Waals surface area (Å²) in [6.45, 7) is 5.37. The Kier molecular flexibility index (Phi) is 5.93. The van der Waals surface area contributed by atoms with E-state index in [4.69, 9.17) is 0 Å². The number of hydrogen-bond donors (Lipinski definition) is 3. The number of aromatic amines is 1. The van der Waals surface area contributed by atoms with Crippen molar-refractivity contribution in [2.75, 3.05) is 19.6 Å². The molecule has 4 rings (SSSR count). The SMILES string of the molecule is CCCCNC(=O)NSc1ccc2[nH]cc(C3CCN4CCCC4C3)c2c1. The van der Waals surface area contributed by atoms with Gasteiger partial charge in [-0.25, -0.2) is 4.79 Å². The molecule has 0 aliphatic carbocycles. The monoisotopic (exact) mass is 386 g/mol. The molecule has 2 fully saturated rings. The lowest BCUT2D eigenvalue weighted by molar-refractivity contribution is 0.181. The Labute approximate surface area is 165 Å². The molecule has 6 heteroatoms. The van der Waals surface area contributed by atoms with Crippen molar-refractivity contribution in [3.63, 3.8) is 0 Å². The average molecular weight is 387 g/mol. The summed E-state index contributed by atoms with van der Waals surface area (Å²) in [5.41, 5.74) is 2.64. The second kappa shape index (κ2) is 8.57. The lowest BCUT2D eigenvalue weighted by Crippen LogP contribution is -2.37. The number of rotatable bonds is 6. The van der Waals surface area contributed by atoms with Crippen LogP contribution in [0.15, 0.2) is 29.3 Å². The molecular formula is C21H30N4OS. The van der Waals surface area contributed by atoms with E-state index in [2.05, 4.69) is 51.2 Å². The molecule has 2 aliphatic heterocycles. The number of hydrogen-bond acceptors (Lipinski definition) is 3. The van der Waals surface area contributed by atoms with Crippen LogP contribution in [0.3, 0.4) is 0 Å². The molecule has 1 aromatic heterocycles. The van der Waals surface area contributed by atoms with Gasteiger partial charge in [0.2, 0.25) is 0 Å². The highest BCUT2D eigenvalue weighted by Gasteiger charge is 2.33. The smallest absolute Gasteiger partial charge is 0.325 e. The summed E-state index contributed by atoms with van der Waals surface area (Å²) < 4.78 is 2.89. The minimum absolute atomic E-state index is 0.114. The normalized spacial score (nSPS) is 22.7. The minimum atomic E-state index is -0.114. The van der Waals surface area contributed by atoms with Gasteiger partial charge in [-0.05, 0) is 86.8 Å². The van der Waals surface area contributed by atoms with Crippen molar-refractivity contribution in [1.29, 1.82) is 0 Å². The van der Waals surface area contributed by atoms with Crippen LogP contribution in [0.4, 0.5) is 4.79 Å². The van der Waals surface area contributed by atoms with Crippen LogP contribution >= 0.6 is 11.9 Å². The van der Waals surface area contributed by atoms with E-state index in [1.807, 2.05) is 0 Å². The third-order valence-corrected chi connectivity index (χ3v) is 6.80. The number of piperidine rings is 1. The zero-order valence-corrected chi connectivity index (χ0v) is 16.9. The third-order valence-electron chi connectivity index (χ3n) is 6.02. The Morgan fingerprint density at radius 3 is 3.15 bits per heavy atom. The van der Waals surface area contributed by atoms with Gasteiger partial charge in [-0.1, -0.05) is 13.3 Å². The lowest BCUT2D eigenvalue weighted by Gasteiger charge is -2.34. The molecule has 27 heavy (non-hydrogen) atoms. The van der Waals surface area contributed by atoms with Gasteiger partial charge in [-0.2, -0.15) is 0 Å². The van der Waals surface area contributed by atoms with E-state index < -0.39 is 0 Å². The summed E-state index contributed by atoms with van der Waals surface area (Å²) in [7, 11) is 0. The molecule has 3 N–H and O–H groups in total. The first-order chi connectivity index (χ1) is 13.2. The molecule has 3 heterocycles. The van der Waals surface area contributed by atoms with Crippen LogP contribution in [0, 0.1) is 0 Å². The number of fused-ring (bicyclic) bond motifs is 2. The number of carbonyl (C=O) groups is 1. The maximum Gasteiger partial charge on any atom is 0.325 e. The highest BCUT2D eigenvalue weighted by atomic mass is 32.2. The molecular weight excluding hydrogens is 356 g/mol. The van der Waals surface area contributed by atoms with Crippen LogP contribution in [-0.4, -0.2) is 41.6 Å². The molecule has 2 aliphatic rings. The number of nitrogens with one attached hydrogen (secondary N) is 3. The van der Waals surface area contributed by atoms with Crippen molar-refractivity contribution < 1.29 is 4.79 Å². The van der Waals surface area contributed by atoms with E-state index in [0.29, 0.717) is 5.92 Å². The van der Waals surface area contributed by atoms with Crippen LogP contribution in [0.1, 0.15) is 56.9 Å². The van der Waals surface area contributed by atoms with Crippen molar-refractivity contribution in [2.24, 2.45) is 0 Å². The summed E-state index contributed by atoms with van der Waals surface area (Å²) in [4.78, 5) is 19.1. The van der Waals surface area contributed by atoms with Gasteiger partial charge in [0.15, 0.2) is 0 Å². The fourth-order valence-electron chi connectivity index (χ4n) is 4.55. The zero-order valence-electron chi connectivity index (χ0n) is 16.1. The van der Waals surface area contributed by atoms with Gasteiger partial charge in [0.1, 0.15) is 0 Å². The predicted octanol–water partition coefficient (Wildman–Crippen LogP) is 4.62. The van der Waals surface area contributed by atoms with Gasteiger partial charge in [-0.3, -0.25) is 4.72 Å². The molecule has 2 unspecified atom stereocenters. The summed E-state index contributed by atoms with van der Waals surface area (Å²) >= 11 is 1.39. The molecule has 146 valence electrons. The van der Waals surface area contributed by atoms with E-state index in [1.54, 1.807) is 0 Å². The number of H-pyrrole nitrogens is 1. The number of carbonyl (C=O) groups excluding carboxylic acids is 1. The minimum Gasteiger partial charge on any atom is -0.361 e. The maximum atomic E-state index is 11.9. The first kappa shape index (κ1) is 18.7. The number of urea groups is 1. The fourth-order valence-corrected chi connectivity index (χ4v) is 5.15. The lowest BCUT2D eigenvalue weighted by atomic mass is 9.85. The van der Waals surface area contributed by atoms with Crippen molar-refractivity contribution in [2.45, 2.75) is 62.3 Å². The summed E-state index contributed by atoms with van der Waals surface area (Å²) in [6.07, 6.45) is 9.55. The Bertz CT molecular complexity index is 790. The summed E-state index contributed by atoms with van der Waals surface area (Å²) in [5, 5.41) is 4.20. The fraction of sp³-hybridized carbons (Fsp3) is 0.571. The van der Waals surface area contributed by atoms with Crippen molar-refractivity contribution >= 4 is 28.9 Å². The van der Waals surface area contributed by atoms with E-state index in [-0.39, 0.29) is 6.03 Å². The molecule has 0 spiro atoms. The Hall–Kier alpha value is -1.66. The Balaban J connectivity index is 1.42. The molecule has 0 radical (unpaired) electrons. The highest BCUT2D eigenvalue weighted by Crippen LogP contribution is 2.39. The van der Waals surface area contributed by atoms with Crippen LogP contribution in [-0.2, 0) is 0 Å². The van der Waals surface area contributed by atoms with Gasteiger partial charge >= 0.3 is 6.03 Å². The van der Waals surface area contributed by atoms with Crippen molar-refractivity contribution in [3.8, 4) is 0 Å². The molecule has 5 nitrogen and oxygen atoms in total. The van der Waals surface area contributed by atoms with E-state index >= 15 is 0 Å².